The number of carbonyl (C=O) groups is 2. The Morgan fingerprint density at radius 1 is 1.16 bits per heavy atom. The molecule has 10 heteroatoms. The second-order valence-corrected chi connectivity index (χ2v) is 7.58. The molecular weight excluding hydrogens is 425 g/mol. The van der Waals surface area contributed by atoms with Crippen LogP contribution in [0, 0.1) is 0 Å². The quantitative estimate of drug-likeness (QED) is 0.638. The molecule has 7 nitrogen and oxygen atoms in total. The van der Waals surface area contributed by atoms with Crippen molar-refractivity contribution < 1.29 is 27.5 Å². The van der Waals surface area contributed by atoms with Crippen LogP contribution in [-0.4, -0.2) is 53.2 Å². The van der Waals surface area contributed by atoms with Gasteiger partial charge in [0.15, 0.2) is 0 Å². The summed E-state index contributed by atoms with van der Waals surface area (Å²) in [5.74, 6) is -0.614. The number of amides is 2. The van der Waals surface area contributed by atoms with Crippen LogP contribution in [-0.2, 0) is 0 Å². The highest BCUT2D eigenvalue weighted by molar-refractivity contribution is 5.97. The summed E-state index contributed by atoms with van der Waals surface area (Å²) in [6.07, 6.45) is 0.0866. The van der Waals surface area contributed by atoms with E-state index in [-0.39, 0.29) is 23.5 Å². The van der Waals surface area contributed by atoms with Gasteiger partial charge in [0.1, 0.15) is 11.4 Å². The maximum Gasteiger partial charge on any atom is 0.573 e. The van der Waals surface area contributed by atoms with Crippen molar-refractivity contribution in [3.63, 3.8) is 0 Å². The molecule has 1 saturated heterocycles. The first kappa shape index (κ1) is 21.7. The van der Waals surface area contributed by atoms with Gasteiger partial charge in [0.25, 0.3) is 11.8 Å². The third kappa shape index (κ3) is 4.53. The molecule has 1 aliphatic rings. The van der Waals surface area contributed by atoms with Crippen molar-refractivity contribution in [3.05, 3.63) is 59.4 Å². The molecule has 1 fully saturated rings. The molecule has 2 amide bonds. The van der Waals surface area contributed by atoms with E-state index in [1.807, 2.05) is 12.3 Å². The van der Waals surface area contributed by atoms with Crippen LogP contribution in [0.1, 0.15) is 45.0 Å². The number of nitrogens with zero attached hydrogens (tertiary/aromatic N) is 2. The number of benzene rings is 1. The molecule has 32 heavy (non-hydrogen) atoms. The molecule has 0 spiro atoms. The number of nitrogens with one attached hydrogen (secondary N) is 2. The number of pyridine rings is 1. The average molecular weight is 446 g/mol. The van der Waals surface area contributed by atoms with Gasteiger partial charge in [-0.05, 0) is 54.7 Å². The summed E-state index contributed by atoms with van der Waals surface area (Å²) < 4.78 is 40.7. The van der Waals surface area contributed by atoms with Gasteiger partial charge in [0, 0.05) is 43.5 Å². The van der Waals surface area contributed by atoms with E-state index in [0.29, 0.717) is 29.9 Å². The lowest BCUT2D eigenvalue weighted by atomic mass is 9.89. The van der Waals surface area contributed by atoms with Crippen LogP contribution >= 0.6 is 0 Å². The Kier molecular flexibility index (Phi) is 5.77. The van der Waals surface area contributed by atoms with E-state index in [9.17, 15) is 22.8 Å². The van der Waals surface area contributed by atoms with Crippen molar-refractivity contribution in [2.24, 2.45) is 0 Å². The number of aromatic nitrogens is 2. The summed E-state index contributed by atoms with van der Waals surface area (Å²) in [5, 5.41) is 3.47. The van der Waals surface area contributed by atoms with Crippen LogP contribution in [0.3, 0.4) is 0 Å². The lowest BCUT2D eigenvalue weighted by molar-refractivity contribution is -0.274. The first-order chi connectivity index (χ1) is 15.2. The number of hydrogen-bond donors (Lipinski definition) is 2. The Labute approximate surface area is 181 Å². The summed E-state index contributed by atoms with van der Waals surface area (Å²) in [5.41, 5.74) is 2.54. The van der Waals surface area contributed by atoms with Crippen LogP contribution in [0.15, 0.2) is 42.7 Å². The number of ether oxygens (including phenoxy) is 1. The van der Waals surface area contributed by atoms with Crippen molar-refractivity contribution in [3.8, 4) is 5.75 Å². The summed E-state index contributed by atoms with van der Waals surface area (Å²) in [4.78, 5) is 33.8. The predicted molar refractivity (Wildman–Crippen MR) is 110 cm³/mol. The fourth-order valence-electron chi connectivity index (χ4n) is 4.01. The monoisotopic (exact) mass is 446 g/mol. The maximum atomic E-state index is 12.8. The second-order valence-electron chi connectivity index (χ2n) is 7.58. The van der Waals surface area contributed by atoms with E-state index in [1.54, 1.807) is 11.9 Å². The highest BCUT2D eigenvalue weighted by Crippen LogP contribution is 2.33. The van der Waals surface area contributed by atoms with E-state index in [0.717, 1.165) is 35.9 Å². The fraction of sp³-hybridized carbons (Fsp3) is 0.318. The van der Waals surface area contributed by atoms with Crippen LogP contribution < -0.4 is 10.1 Å². The maximum absolute atomic E-state index is 12.8. The molecule has 0 bridgehead atoms. The van der Waals surface area contributed by atoms with Gasteiger partial charge in [0.05, 0.1) is 5.56 Å². The molecule has 2 N–H and O–H groups in total. The van der Waals surface area contributed by atoms with Crippen molar-refractivity contribution in [2.75, 3.05) is 20.1 Å². The first-order valence-corrected chi connectivity index (χ1v) is 10.1. The van der Waals surface area contributed by atoms with E-state index in [2.05, 4.69) is 20.0 Å². The Morgan fingerprint density at radius 2 is 1.84 bits per heavy atom. The minimum absolute atomic E-state index is 0.192. The molecular formula is C22H21F3N4O3. The number of alkyl halides is 3. The minimum atomic E-state index is -4.77. The van der Waals surface area contributed by atoms with Crippen LogP contribution in [0.25, 0.3) is 11.0 Å². The van der Waals surface area contributed by atoms with Gasteiger partial charge in [-0.2, -0.15) is 0 Å². The highest BCUT2D eigenvalue weighted by Gasteiger charge is 2.31. The molecule has 0 atom stereocenters. The van der Waals surface area contributed by atoms with Crippen molar-refractivity contribution >= 4 is 22.8 Å². The van der Waals surface area contributed by atoms with Gasteiger partial charge in [-0.1, -0.05) is 0 Å². The first-order valence-electron chi connectivity index (χ1n) is 10.1. The van der Waals surface area contributed by atoms with E-state index in [4.69, 9.17) is 0 Å². The number of rotatable bonds is 4. The zero-order chi connectivity index (χ0) is 22.9. The zero-order valence-electron chi connectivity index (χ0n) is 17.2. The Morgan fingerprint density at radius 3 is 2.47 bits per heavy atom. The van der Waals surface area contributed by atoms with Gasteiger partial charge >= 0.3 is 6.36 Å². The van der Waals surface area contributed by atoms with Gasteiger partial charge in [-0.3, -0.25) is 9.59 Å². The van der Waals surface area contributed by atoms with Crippen LogP contribution in [0.5, 0.6) is 5.75 Å². The average Bonchev–Trinajstić information content (AvgIpc) is 3.21. The number of likely N-dealkylation sites (tertiary alicyclic amines) is 1. The Hall–Kier alpha value is -3.56. The molecule has 3 heterocycles. The Bertz CT molecular complexity index is 1130. The highest BCUT2D eigenvalue weighted by atomic mass is 19.4. The van der Waals surface area contributed by atoms with Gasteiger partial charge in [-0.25, -0.2) is 4.98 Å². The third-order valence-corrected chi connectivity index (χ3v) is 5.61. The topological polar surface area (TPSA) is 87.3 Å². The molecule has 0 saturated carbocycles. The van der Waals surface area contributed by atoms with Gasteiger partial charge < -0.3 is 19.9 Å². The largest absolute Gasteiger partial charge is 0.573 e. The summed E-state index contributed by atoms with van der Waals surface area (Å²) in [7, 11) is 1.56. The van der Waals surface area contributed by atoms with Crippen molar-refractivity contribution in [1.29, 1.82) is 0 Å². The second kappa shape index (κ2) is 8.52. The lowest BCUT2D eigenvalue weighted by Gasteiger charge is -2.32. The van der Waals surface area contributed by atoms with E-state index >= 15 is 0 Å². The lowest BCUT2D eigenvalue weighted by Crippen LogP contribution is -2.37. The summed E-state index contributed by atoms with van der Waals surface area (Å²) >= 11 is 0. The molecule has 1 aromatic carbocycles. The zero-order valence-corrected chi connectivity index (χ0v) is 17.2. The number of halogens is 3. The molecule has 2 aromatic heterocycles. The molecule has 0 aliphatic carbocycles. The van der Waals surface area contributed by atoms with Crippen molar-refractivity contribution in [1.82, 2.24) is 20.2 Å². The fourth-order valence-corrected chi connectivity index (χ4v) is 4.01. The standard InChI is InChI=1S/C22H21F3N4O3/c1-26-20(30)15-10-17-18(12-28-19(17)27-11-15)13-6-8-29(9-7-13)21(31)14-2-4-16(5-3-14)32-22(23,24)25/h2-5,10-13H,6-9H2,1H3,(H,26,30)(H,27,28). The molecule has 1 aliphatic heterocycles. The van der Waals surface area contributed by atoms with Crippen LogP contribution in [0.4, 0.5) is 13.2 Å². The number of aromatic amines is 1. The van der Waals surface area contributed by atoms with E-state index < -0.39 is 6.36 Å². The van der Waals surface area contributed by atoms with E-state index in [1.165, 1.54) is 18.3 Å². The number of hydrogen-bond acceptors (Lipinski definition) is 4. The number of fused-ring (bicyclic) bond motifs is 1. The van der Waals surface area contributed by atoms with Gasteiger partial charge in [-0.15, -0.1) is 13.2 Å². The molecule has 3 aromatic rings. The van der Waals surface area contributed by atoms with Crippen LogP contribution in [0.2, 0.25) is 0 Å². The number of carbonyl (C=O) groups excluding carboxylic acids is 2. The summed E-state index contributed by atoms with van der Waals surface area (Å²) in [6.45, 7) is 1.03. The third-order valence-electron chi connectivity index (χ3n) is 5.61. The smallest absolute Gasteiger partial charge is 0.406 e. The molecule has 168 valence electrons. The number of H-pyrrole nitrogens is 1. The molecule has 4 rings (SSSR count). The number of piperidine rings is 1. The molecule has 0 radical (unpaired) electrons. The minimum Gasteiger partial charge on any atom is -0.406 e. The Balaban J connectivity index is 1.43. The van der Waals surface area contributed by atoms with Crippen molar-refractivity contribution in [2.45, 2.75) is 25.1 Å². The summed E-state index contributed by atoms with van der Waals surface area (Å²) in [6, 6.07) is 6.75. The SMILES string of the molecule is CNC(=O)c1cnc2[nH]cc(C3CCN(C(=O)c4ccc(OC(F)(F)F)cc4)CC3)c2c1. The predicted octanol–water partition coefficient (Wildman–Crippen LogP) is 3.84. The molecule has 0 unspecified atom stereocenters. The normalized spacial score (nSPS) is 15.1. The van der Waals surface area contributed by atoms with Gasteiger partial charge in [0.2, 0.25) is 0 Å².